The first kappa shape index (κ1) is 21.0. The molecule has 0 aliphatic heterocycles. The van der Waals surface area contributed by atoms with Crippen molar-refractivity contribution in [1.82, 2.24) is 0 Å². The van der Waals surface area contributed by atoms with Crippen molar-refractivity contribution in [3.63, 3.8) is 0 Å². The minimum atomic E-state index is 0.395. The molecule has 0 heterocycles. The molecule has 0 aliphatic rings. The highest BCUT2D eigenvalue weighted by Crippen LogP contribution is 2.36. The van der Waals surface area contributed by atoms with Crippen molar-refractivity contribution in [2.45, 2.75) is 13.2 Å². The third kappa shape index (κ3) is 5.64. The van der Waals surface area contributed by atoms with E-state index in [-0.39, 0.29) is 0 Å². The molecule has 27 heavy (non-hydrogen) atoms. The Bertz CT molecular complexity index is 943. The van der Waals surface area contributed by atoms with Gasteiger partial charge >= 0.3 is 0 Å². The smallest absolute Gasteiger partial charge is 0.148 e. The summed E-state index contributed by atoms with van der Waals surface area (Å²) < 4.78 is 8.58. The van der Waals surface area contributed by atoms with Crippen LogP contribution in [0.25, 0.3) is 0 Å². The van der Waals surface area contributed by atoms with Crippen molar-refractivity contribution in [3.05, 3.63) is 89.2 Å². The van der Waals surface area contributed by atoms with E-state index in [9.17, 15) is 0 Å². The summed E-state index contributed by atoms with van der Waals surface area (Å²) in [6.07, 6.45) is 0. The van der Waals surface area contributed by atoms with E-state index in [0.717, 1.165) is 36.0 Å². The lowest BCUT2D eigenvalue weighted by molar-refractivity contribution is 0.302. The number of anilines is 1. The van der Waals surface area contributed by atoms with Crippen molar-refractivity contribution in [2.75, 3.05) is 5.32 Å². The fraction of sp³-hybridized carbons (Fsp3) is 0.100. The van der Waals surface area contributed by atoms with Crippen LogP contribution in [0.4, 0.5) is 5.69 Å². The number of ether oxygens (including phenoxy) is 1. The van der Waals surface area contributed by atoms with Gasteiger partial charge in [0.05, 0.1) is 14.0 Å². The summed E-state index contributed by atoms with van der Waals surface area (Å²) in [5.41, 5.74) is 2.99. The van der Waals surface area contributed by atoms with E-state index in [1.807, 2.05) is 54.6 Å². The highest BCUT2D eigenvalue weighted by atomic mass is 79.9. The molecule has 3 aromatic carbocycles. The van der Waals surface area contributed by atoms with Crippen LogP contribution in [0, 0.1) is 0 Å². The summed E-state index contributed by atoms with van der Waals surface area (Å²) in [4.78, 5) is 0. The van der Waals surface area contributed by atoms with Crippen molar-refractivity contribution >= 4 is 76.7 Å². The van der Waals surface area contributed by atoms with Crippen LogP contribution >= 0.6 is 71.0 Å². The maximum absolute atomic E-state index is 6.19. The molecule has 3 aromatic rings. The zero-order chi connectivity index (χ0) is 19.4. The van der Waals surface area contributed by atoms with Crippen LogP contribution in [0.1, 0.15) is 11.1 Å². The van der Waals surface area contributed by atoms with E-state index in [1.165, 1.54) is 0 Å². The highest BCUT2D eigenvalue weighted by molar-refractivity contribution is 9.11. The average molecular weight is 595 g/mol. The lowest BCUT2D eigenvalue weighted by Crippen LogP contribution is -2.02. The van der Waals surface area contributed by atoms with Crippen LogP contribution < -0.4 is 10.1 Å². The maximum Gasteiger partial charge on any atom is 0.148 e. The Labute approximate surface area is 193 Å². The number of hydrogen-bond donors (Lipinski definition) is 1. The molecule has 1 N–H and O–H groups in total. The molecular weight excluding hydrogens is 581 g/mol. The van der Waals surface area contributed by atoms with Crippen molar-refractivity contribution in [1.29, 1.82) is 0 Å². The van der Waals surface area contributed by atoms with Crippen molar-refractivity contribution < 1.29 is 4.74 Å². The first-order valence-electron chi connectivity index (χ1n) is 7.97. The predicted octanol–water partition coefficient (Wildman–Crippen LogP) is 8.47. The van der Waals surface area contributed by atoms with Crippen molar-refractivity contribution in [2.24, 2.45) is 0 Å². The van der Waals surface area contributed by atoms with E-state index < -0.39 is 0 Å². The van der Waals surface area contributed by atoms with E-state index in [0.29, 0.717) is 23.2 Å². The fourth-order valence-electron chi connectivity index (χ4n) is 2.43. The highest BCUT2D eigenvalue weighted by Gasteiger charge is 2.11. The minimum Gasteiger partial charge on any atom is -0.486 e. The third-order valence-corrected chi connectivity index (χ3v) is 6.58. The second-order valence-corrected chi connectivity index (χ2v) is 9.13. The molecule has 0 amide bonds. The zero-order valence-corrected chi connectivity index (χ0v) is 20.2. The van der Waals surface area contributed by atoms with Gasteiger partial charge in [-0.3, -0.25) is 0 Å². The van der Waals surface area contributed by atoms with Gasteiger partial charge < -0.3 is 10.1 Å². The van der Waals surface area contributed by atoms with Crippen LogP contribution in [0.5, 0.6) is 5.75 Å². The molecule has 0 radical (unpaired) electrons. The summed E-state index contributed by atoms with van der Waals surface area (Å²) >= 11 is 22.9. The SMILES string of the molecule is Clc1cc(NCc2cc(Br)c(OCc3ccccc3Cl)c(Br)c2)ccc1Br. The minimum absolute atomic E-state index is 0.395. The van der Waals surface area contributed by atoms with Crippen molar-refractivity contribution in [3.8, 4) is 5.75 Å². The Hall–Kier alpha value is -0.720. The number of nitrogens with one attached hydrogen (secondary N) is 1. The number of halogens is 5. The summed E-state index contributed by atoms with van der Waals surface area (Å²) in [5.74, 6) is 0.741. The standard InChI is InChI=1S/C20H14Br3Cl2NO/c21-15-6-5-14(9-19(15)25)26-10-12-7-16(22)20(17(23)8-12)27-11-13-3-1-2-4-18(13)24/h1-9,26H,10-11H2. The van der Waals surface area contributed by atoms with E-state index in [2.05, 4.69) is 53.1 Å². The molecule has 0 aromatic heterocycles. The lowest BCUT2D eigenvalue weighted by Gasteiger charge is -2.14. The predicted molar refractivity (Wildman–Crippen MR) is 124 cm³/mol. The second kappa shape index (κ2) is 9.66. The Morgan fingerprint density at radius 3 is 2.19 bits per heavy atom. The van der Waals surface area contributed by atoms with Gasteiger partial charge in [0.1, 0.15) is 12.4 Å². The Morgan fingerprint density at radius 2 is 1.52 bits per heavy atom. The zero-order valence-electron chi connectivity index (χ0n) is 13.9. The van der Waals surface area contributed by atoms with Gasteiger partial charge in [0.2, 0.25) is 0 Å². The molecule has 2 nitrogen and oxygen atoms in total. The molecule has 0 fully saturated rings. The first-order valence-corrected chi connectivity index (χ1v) is 11.1. The molecule has 0 saturated carbocycles. The molecule has 0 aliphatic carbocycles. The van der Waals surface area contributed by atoms with Gasteiger partial charge in [0.25, 0.3) is 0 Å². The monoisotopic (exact) mass is 591 g/mol. The Morgan fingerprint density at radius 1 is 0.815 bits per heavy atom. The molecular formula is C20H14Br3Cl2NO. The number of hydrogen-bond acceptors (Lipinski definition) is 2. The van der Waals surface area contributed by atoms with Gasteiger partial charge in [-0.1, -0.05) is 41.4 Å². The van der Waals surface area contributed by atoms with Crippen LogP contribution in [0.2, 0.25) is 10.0 Å². The van der Waals surface area contributed by atoms with E-state index >= 15 is 0 Å². The van der Waals surface area contributed by atoms with Gasteiger partial charge in [-0.05, 0) is 89.8 Å². The molecule has 0 bridgehead atoms. The molecule has 7 heteroatoms. The van der Waals surface area contributed by atoms with Gasteiger partial charge in [-0.2, -0.15) is 0 Å². The largest absolute Gasteiger partial charge is 0.486 e. The van der Waals surface area contributed by atoms with Crippen LogP contribution in [0.3, 0.4) is 0 Å². The van der Waals surface area contributed by atoms with E-state index in [4.69, 9.17) is 27.9 Å². The van der Waals surface area contributed by atoms with Crippen LogP contribution in [0.15, 0.2) is 68.0 Å². The summed E-state index contributed by atoms with van der Waals surface area (Å²) in [6.45, 7) is 1.05. The van der Waals surface area contributed by atoms with Gasteiger partial charge in [-0.25, -0.2) is 0 Å². The van der Waals surface area contributed by atoms with Gasteiger partial charge in [0.15, 0.2) is 0 Å². The summed E-state index contributed by atoms with van der Waals surface area (Å²) in [7, 11) is 0. The van der Waals surface area contributed by atoms with Crippen LogP contribution in [-0.4, -0.2) is 0 Å². The van der Waals surface area contributed by atoms with Gasteiger partial charge in [0, 0.05) is 27.3 Å². The quantitative estimate of drug-likeness (QED) is 0.309. The normalized spacial score (nSPS) is 10.7. The second-order valence-electron chi connectivity index (χ2n) is 5.75. The summed E-state index contributed by atoms with van der Waals surface area (Å²) in [5, 5.41) is 4.73. The van der Waals surface area contributed by atoms with Crippen LogP contribution in [-0.2, 0) is 13.2 Å². The molecule has 140 valence electrons. The molecule has 3 rings (SSSR count). The summed E-state index contributed by atoms with van der Waals surface area (Å²) in [6, 6.07) is 17.5. The Kier molecular flexibility index (Phi) is 7.51. The van der Waals surface area contributed by atoms with E-state index in [1.54, 1.807) is 0 Å². The lowest BCUT2D eigenvalue weighted by atomic mass is 10.2. The third-order valence-electron chi connectivity index (χ3n) is 3.80. The number of benzene rings is 3. The maximum atomic E-state index is 6.19. The average Bonchev–Trinajstić information content (AvgIpc) is 2.63. The topological polar surface area (TPSA) is 21.3 Å². The molecule has 0 unspecified atom stereocenters. The molecule has 0 atom stereocenters. The number of rotatable bonds is 6. The fourth-order valence-corrected chi connectivity index (χ4v) is 4.56. The molecule has 0 saturated heterocycles. The van der Waals surface area contributed by atoms with Gasteiger partial charge in [-0.15, -0.1) is 0 Å². The first-order chi connectivity index (χ1) is 12.9. The molecule has 0 spiro atoms. The Balaban J connectivity index is 1.68.